The molecule has 5 nitrogen and oxygen atoms in total. The molecule has 0 aromatic heterocycles. The molecule has 20 heavy (non-hydrogen) atoms. The average Bonchev–Trinajstić information content (AvgIpc) is 2.69. The minimum absolute atomic E-state index is 0.104. The van der Waals surface area contributed by atoms with Gasteiger partial charge in [0.2, 0.25) is 0 Å². The molecule has 0 saturated carbocycles. The van der Waals surface area contributed by atoms with Crippen LogP contribution in [0.1, 0.15) is 31.2 Å². The summed E-state index contributed by atoms with van der Waals surface area (Å²) in [5.41, 5.74) is 6.36. The fourth-order valence-corrected chi connectivity index (χ4v) is 3.48. The van der Waals surface area contributed by atoms with Crippen molar-refractivity contribution in [2.24, 2.45) is 10.9 Å². The largest absolute Gasteiger partial charge is 0.409 e. The van der Waals surface area contributed by atoms with Crippen LogP contribution in [0.5, 0.6) is 0 Å². The van der Waals surface area contributed by atoms with Crippen LogP contribution in [0, 0.1) is 5.82 Å². The average molecular weight is 279 g/mol. The zero-order valence-electron chi connectivity index (χ0n) is 11.0. The maximum atomic E-state index is 14.3. The van der Waals surface area contributed by atoms with Crippen LogP contribution in [0.2, 0.25) is 0 Å². The molecule has 3 rings (SSSR count). The van der Waals surface area contributed by atoms with Crippen molar-refractivity contribution in [3.63, 3.8) is 0 Å². The second kappa shape index (κ2) is 4.94. The van der Waals surface area contributed by atoms with E-state index >= 15 is 0 Å². The fraction of sp³-hybridized carbons (Fsp3) is 0.500. The molecule has 2 heterocycles. The van der Waals surface area contributed by atoms with Gasteiger partial charge in [0.15, 0.2) is 5.84 Å². The highest BCUT2D eigenvalue weighted by Crippen LogP contribution is 2.40. The number of hydrogen-bond acceptors (Lipinski definition) is 4. The lowest BCUT2D eigenvalue weighted by Gasteiger charge is -2.39. The smallest absolute Gasteiger partial charge is 0.170 e. The van der Waals surface area contributed by atoms with E-state index in [4.69, 9.17) is 10.9 Å². The highest BCUT2D eigenvalue weighted by Gasteiger charge is 2.41. The Balaban J connectivity index is 1.92. The minimum Gasteiger partial charge on any atom is -0.409 e. The first-order valence-electron chi connectivity index (χ1n) is 6.84. The van der Waals surface area contributed by atoms with E-state index in [1.807, 2.05) is 0 Å². The molecule has 2 atom stereocenters. The van der Waals surface area contributed by atoms with Crippen molar-refractivity contribution in [3.8, 4) is 0 Å². The molecule has 1 aromatic rings. The van der Waals surface area contributed by atoms with Crippen LogP contribution < -0.4 is 10.6 Å². The summed E-state index contributed by atoms with van der Waals surface area (Å²) < 4.78 is 14.3. The van der Waals surface area contributed by atoms with Gasteiger partial charge < -0.3 is 20.9 Å². The van der Waals surface area contributed by atoms with E-state index in [2.05, 4.69) is 10.1 Å². The van der Waals surface area contributed by atoms with E-state index in [1.165, 1.54) is 6.07 Å². The summed E-state index contributed by atoms with van der Waals surface area (Å²) in [5, 5.41) is 21.3. The van der Waals surface area contributed by atoms with Crippen LogP contribution in [-0.4, -0.2) is 34.3 Å². The number of benzene rings is 1. The van der Waals surface area contributed by atoms with E-state index in [-0.39, 0.29) is 29.8 Å². The lowest BCUT2D eigenvalue weighted by atomic mass is 9.98. The van der Waals surface area contributed by atoms with Gasteiger partial charge in [-0.25, -0.2) is 4.39 Å². The van der Waals surface area contributed by atoms with E-state index in [0.29, 0.717) is 24.1 Å². The van der Waals surface area contributed by atoms with Crippen molar-refractivity contribution in [3.05, 3.63) is 29.6 Å². The molecule has 108 valence electrons. The summed E-state index contributed by atoms with van der Waals surface area (Å²) in [7, 11) is 0. The number of piperidine rings is 1. The van der Waals surface area contributed by atoms with Gasteiger partial charge in [0, 0.05) is 17.6 Å². The number of anilines is 1. The molecule has 2 saturated heterocycles. The molecule has 6 heteroatoms. The first-order chi connectivity index (χ1) is 9.60. The van der Waals surface area contributed by atoms with Gasteiger partial charge in [-0.05, 0) is 43.9 Å². The van der Waals surface area contributed by atoms with Crippen molar-refractivity contribution in [2.45, 2.75) is 43.9 Å². The number of halogens is 1. The Kier molecular flexibility index (Phi) is 3.25. The van der Waals surface area contributed by atoms with Crippen molar-refractivity contribution in [1.82, 2.24) is 0 Å². The van der Waals surface area contributed by atoms with Crippen LogP contribution in [0.25, 0.3) is 0 Å². The molecular formula is C14H18FN3O2. The number of oxime groups is 1. The molecule has 4 N–H and O–H groups in total. The molecule has 1 aromatic carbocycles. The summed E-state index contributed by atoms with van der Waals surface area (Å²) in [6.45, 7) is 0. The van der Waals surface area contributed by atoms with Crippen molar-refractivity contribution < 1.29 is 14.7 Å². The third-order valence-corrected chi connectivity index (χ3v) is 4.34. The fourth-order valence-electron chi connectivity index (χ4n) is 3.48. The Labute approximate surface area is 116 Å². The summed E-state index contributed by atoms with van der Waals surface area (Å²) >= 11 is 0. The van der Waals surface area contributed by atoms with Crippen LogP contribution in [0.15, 0.2) is 23.4 Å². The first kappa shape index (κ1) is 13.2. The van der Waals surface area contributed by atoms with Crippen LogP contribution in [-0.2, 0) is 0 Å². The number of aliphatic hydroxyl groups is 1. The molecule has 2 aliphatic heterocycles. The zero-order valence-corrected chi connectivity index (χ0v) is 11.0. The normalized spacial score (nSPS) is 29.8. The summed E-state index contributed by atoms with van der Waals surface area (Å²) in [6.07, 6.45) is 3.09. The molecule has 0 radical (unpaired) electrons. The SMILES string of the molecule is NC(=NO)c1ccc(N2C3CCC2CC(O)C3)c(F)c1. The van der Waals surface area contributed by atoms with Gasteiger partial charge in [-0.2, -0.15) is 0 Å². The van der Waals surface area contributed by atoms with Crippen LogP contribution in [0.4, 0.5) is 10.1 Å². The highest BCUT2D eigenvalue weighted by atomic mass is 19.1. The van der Waals surface area contributed by atoms with Crippen molar-refractivity contribution >= 4 is 11.5 Å². The summed E-state index contributed by atoms with van der Waals surface area (Å²) in [6, 6.07) is 5.01. The molecule has 0 aliphatic carbocycles. The van der Waals surface area contributed by atoms with Gasteiger partial charge in [0.05, 0.1) is 11.8 Å². The number of hydrogen-bond donors (Lipinski definition) is 3. The number of nitrogens with two attached hydrogens (primary N) is 1. The number of rotatable bonds is 2. The van der Waals surface area contributed by atoms with Gasteiger partial charge in [0.25, 0.3) is 0 Å². The highest BCUT2D eigenvalue weighted by molar-refractivity contribution is 5.97. The lowest BCUT2D eigenvalue weighted by Crippen LogP contribution is -2.45. The quantitative estimate of drug-likeness (QED) is 0.331. The third-order valence-electron chi connectivity index (χ3n) is 4.34. The Hall–Kier alpha value is -1.82. The number of aliphatic hydroxyl groups excluding tert-OH is 1. The molecule has 2 fully saturated rings. The number of amidine groups is 1. The second-order valence-corrected chi connectivity index (χ2v) is 5.57. The Morgan fingerprint density at radius 1 is 1.30 bits per heavy atom. The maximum Gasteiger partial charge on any atom is 0.170 e. The monoisotopic (exact) mass is 279 g/mol. The molecule has 2 aliphatic rings. The van der Waals surface area contributed by atoms with E-state index < -0.39 is 0 Å². The Morgan fingerprint density at radius 2 is 1.95 bits per heavy atom. The number of fused-ring (bicyclic) bond motifs is 2. The molecular weight excluding hydrogens is 261 g/mol. The molecule has 0 amide bonds. The predicted molar refractivity (Wildman–Crippen MR) is 73.4 cm³/mol. The Bertz CT molecular complexity index is 535. The summed E-state index contributed by atoms with van der Waals surface area (Å²) in [4.78, 5) is 2.08. The van der Waals surface area contributed by atoms with E-state index in [9.17, 15) is 9.50 Å². The zero-order chi connectivity index (χ0) is 14.3. The Morgan fingerprint density at radius 3 is 2.50 bits per heavy atom. The van der Waals surface area contributed by atoms with Crippen LogP contribution in [0.3, 0.4) is 0 Å². The first-order valence-corrected chi connectivity index (χ1v) is 6.84. The van der Waals surface area contributed by atoms with Gasteiger partial charge >= 0.3 is 0 Å². The standard InChI is InChI=1S/C14H18FN3O2/c15-12-5-8(14(16)17-20)1-4-13(12)18-9-2-3-10(18)7-11(19)6-9/h1,4-5,9-11,19-20H,2-3,6-7H2,(H2,16,17). The van der Waals surface area contributed by atoms with Gasteiger partial charge in [-0.1, -0.05) is 5.16 Å². The van der Waals surface area contributed by atoms with E-state index in [1.54, 1.807) is 12.1 Å². The van der Waals surface area contributed by atoms with Crippen molar-refractivity contribution in [2.75, 3.05) is 4.90 Å². The minimum atomic E-state index is -0.373. The second-order valence-electron chi connectivity index (χ2n) is 5.57. The van der Waals surface area contributed by atoms with Crippen molar-refractivity contribution in [1.29, 1.82) is 0 Å². The van der Waals surface area contributed by atoms with Gasteiger partial charge in [-0.15, -0.1) is 0 Å². The van der Waals surface area contributed by atoms with Gasteiger partial charge in [-0.3, -0.25) is 0 Å². The lowest BCUT2D eigenvalue weighted by molar-refractivity contribution is 0.126. The molecule has 2 bridgehead atoms. The molecule has 0 spiro atoms. The predicted octanol–water partition coefficient (Wildman–Crippen LogP) is 1.41. The number of nitrogens with zero attached hydrogens (tertiary/aromatic N) is 2. The summed E-state index contributed by atoms with van der Waals surface area (Å²) in [5.74, 6) is -0.477. The topological polar surface area (TPSA) is 82.1 Å². The third kappa shape index (κ3) is 2.10. The van der Waals surface area contributed by atoms with Crippen LogP contribution >= 0.6 is 0 Å². The molecule has 2 unspecified atom stereocenters. The maximum absolute atomic E-state index is 14.3. The van der Waals surface area contributed by atoms with E-state index in [0.717, 1.165) is 12.8 Å². The van der Waals surface area contributed by atoms with Gasteiger partial charge in [0.1, 0.15) is 5.82 Å².